The molecule has 11 heavy (non-hydrogen) atoms. The minimum Gasteiger partial charge on any atom is -0.0649 e. The summed E-state index contributed by atoms with van der Waals surface area (Å²) in [6, 6.07) is 0. The maximum atomic E-state index is 2.48. The lowest BCUT2D eigenvalue weighted by molar-refractivity contribution is 0.178. The molecule has 0 spiro atoms. The Morgan fingerprint density at radius 3 is 2.64 bits per heavy atom. The second kappa shape index (κ2) is 3.60. The predicted molar refractivity (Wildman–Crippen MR) is 50.6 cm³/mol. The van der Waals surface area contributed by atoms with Crippen LogP contribution < -0.4 is 0 Å². The Morgan fingerprint density at radius 2 is 2.00 bits per heavy atom. The van der Waals surface area contributed by atoms with E-state index in [1.807, 2.05) is 0 Å². The molecule has 1 aliphatic carbocycles. The molecule has 0 aromatic rings. The van der Waals surface area contributed by atoms with Crippen LogP contribution in [0.4, 0.5) is 0 Å². The summed E-state index contributed by atoms with van der Waals surface area (Å²) in [4.78, 5) is 0. The zero-order chi connectivity index (χ0) is 8.32. The number of hydrogen-bond donors (Lipinski definition) is 0. The van der Waals surface area contributed by atoms with E-state index in [1.54, 1.807) is 0 Å². The van der Waals surface area contributed by atoms with Crippen molar-refractivity contribution in [3.05, 3.63) is 0 Å². The highest BCUT2D eigenvalue weighted by Crippen LogP contribution is 2.41. The largest absolute Gasteiger partial charge is 0.0649 e. The normalized spacial score (nSPS) is 40.1. The van der Waals surface area contributed by atoms with Crippen LogP contribution in [0.5, 0.6) is 0 Å². The second-order valence-corrected chi connectivity index (χ2v) is 4.51. The molecule has 0 N–H and O–H groups in total. The van der Waals surface area contributed by atoms with Gasteiger partial charge in [0.15, 0.2) is 0 Å². The maximum Gasteiger partial charge on any atom is -0.0303 e. The highest BCUT2D eigenvalue weighted by atomic mass is 14.3. The minimum absolute atomic E-state index is 0.663. The van der Waals surface area contributed by atoms with E-state index in [0.29, 0.717) is 5.41 Å². The molecule has 0 bridgehead atoms. The van der Waals surface area contributed by atoms with Crippen LogP contribution in [0.1, 0.15) is 59.3 Å². The average Bonchev–Trinajstić information content (AvgIpc) is 2.16. The first kappa shape index (κ1) is 9.09. The van der Waals surface area contributed by atoms with Crippen molar-refractivity contribution in [2.24, 2.45) is 11.3 Å². The molecule has 66 valence electrons. The van der Waals surface area contributed by atoms with E-state index in [9.17, 15) is 0 Å². The lowest BCUT2D eigenvalue weighted by atomic mass is 9.73. The highest BCUT2D eigenvalue weighted by Gasteiger charge is 2.29. The molecule has 2 unspecified atom stereocenters. The first-order chi connectivity index (χ1) is 5.19. The van der Waals surface area contributed by atoms with Gasteiger partial charge in [0.1, 0.15) is 0 Å². The molecular weight excluding hydrogens is 132 g/mol. The van der Waals surface area contributed by atoms with Crippen LogP contribution >= 0.6 is 0 Å². The molecule has 0 heterocycles. The van der Waals surface area contributed by atoms with Crippen LogP contribution in [-0.4, -0.2) is 0 Å². The van der Waals surface area contributed by atoms with Crippen molar-refractivity contribution in [3.8, 4) is 0 Å². The Morgan fingerprint density at radius 1 is 1.27 bits per heavy atom. The van der Waals surface area contributed by atoms with Crippen molar-refractivity contribution in [2.45, 2.75) is 59.3 Å². The van der Waals surface area contributed by atoms with E-state index in [0.717, 1.165) is 5.92 Å². The lowest BCUT2D eigenvalue weighted by Gasteiger charge is -2.33. The van der Waals surface area contributed by atoms with E-state index in [1.165, 1.54) is 38.5 Å². The fourth-order valence-electron chi connectivity index (χ4n) is 2.28. The van der Waals surface area contributed by atoms with Crippen molar-refractivity contribution < 1.29 is 0 Å². The van der Waals surface area contributed by atoms with Gasteiger partial charge in [0.05, 0.1) is 0 Å². The van der Waals surface area contributed by atoms with Crippen LogP contribution in [0, 0.1) is 11.3 Å². The number of hydrogen-bond acceptors (Lipinski definition) is 0. The summed E-state index contributed by atoms with van der Waals surface area (Å²) in [7, 11) is 0. The molecule has 1 saturated carbocycles. The Hall–Kier alpha value is 0. The summed E-state index contributed by atoms with van der Waals surface area (Å²) < 4.78 is 0. The van der Waals surface area contributed by atoms with Gasteiger partial charge >= 0.3 is 0 Å². The van der Waals surface area contributed by atoms with Crippen LogP contribution in [-0.2, 0) is 0 Å². The van der Waals surface area contributed by atoms with E-state index >= 15 is 0 Å². The van der Waals surface area contributed by atoms with Crippen molar-refractivity contribution >= 4 is 0 Å². The molecule has 0 aromatic heterocycles. The van der Waals surface area contributed by atoms with E-state index in [4.69, 9.17) is 0 Å². The maximum absolute atomic E-state index is 2.48. The predicted octanol–water partition coefficient (Wildman–Crippen LogP) is 4.00. The van der Waals surface area contributed by atoms with Gasteiger partial charge in [0.25, 0.3) is 0 Å². The van der Waals surface area contributed by atoms with Crippen LogP contribution in [0.2, 0.25) is 0 Å². The van der Waals surface area contributed by atoms with E-state index in [2.05, 4.69) is 20.8 Å². The van der Waals surface area contributed by atoms with Gasteiger partial charge in [-0.25, -0.2) is 0 Å². The van der Waals surface area contributed by atoms with Crippen LogP contribution in [0.3, 0.4) is 0 Å². The summed E-state index contributed by atoms with van der Waals surface area (Å²) >= 11 is 0. The van der Waals surface area contributed by atoms with Gasteiger partial charge in [-0.15, -0.1) is 0 Å². The van der Waals surface area contributed by atoms with Gasteiger partial charge in [0, 0.05) is 0 Å². The Kier molecular flexibility index (Phi) is 2.98. The van der Waals surface area contributed by atoms with Gasteiger partial charge < -0.3 is 0 Å². The van der Waals surface area contributed by atoms with Crippen LogP contribution in [0.25, 0.3) is 0 Å². The molecule has 1 aliphatic rings. The standard InChI is InChI=1S/C11H22/c1-4-11(3)9-7-5-6-8-10(11)2/h10H,4-9H2,1-3H3. The summed E-state index contributed by atoms with van der Waals surface area (Å²) in [5, 5.41) is 0. The third-order valence-electron chi connectivity index (χ3n) is 3.88. The van der Waals surface area contributed by atoms with Gasteiger partial charge in [0.2, 0.25) is 0 Å². The SMILES string of the molecule is CCC1(C)CCCCCC1C. The summed E-state index contributed by atoms with van der Waals surface area (Å²) in [5.41, 5.74) is 0.663. The molecule has 0 saturated heterocycles. The smallest absolute Gasteiger partial charge is 0.0303 e. The van der Waals surface area contributed by atoms with Gasteiger partial charge in [-0.2, -0.15) is 0 Å². The van der Waals surface area contributed by atoms with Gasteiger partial charge in [-0.05, 0) is 17.8 Å². The van der Waals surface area contributed by atoms with E-state index < -0.39 is 0 Å². The quantitative estimate of drug-likeness (QED) is 0.501. The molecule has 1 rings (SSSR count). The average molecular weight is 154 g/mol. The number of rotatable bonds is 1. The third-order valence-corrected chi connectivity index (χ3v) is 3.88. The van der Waals surface area contributed by atoms with Crippen molar-refractivity contribution in [2.75, 3.05) is 0 Å². The molecule has 0 heteroatoms. The fourth-order valence-corrected chi connectivity index (χ4v) is 2.28. The van der Waals surface area contributed by atoms with Crippen LogP contribution in [0.15, 0.2) is 0 Å². The first-order valence-electron chi connectivity index (χ1n) is 5.19. The molecule has 0 nitrogen and oxygen atoms in total. The zero-order valence-corrected chi connectivity index (χ0v) is 8.32. The Balaban J connectivity index is 2.58. The molecule has 0 amide bonds. The summed E-state index contributed by atoms with van der Waals surface area (Å²) in [6.45, 7) is 7.26. The molecular formula is C11H22. The van der Waals surface area contributed by atoms with Crippen molar-refractivity contribution in [1.29, 1.82) is 0 Å². The summed E-state index contributed by atoms with van der Waals surface area (Å²) in [5.74, 6) is 0.954. The highest BCUT2D eigenvalue weighted by molar-refractivity contribution is 4.80. The van der Waals surface area contributed by atoms with Crippen molar-refractivity contribution in [3.63, 3.8) is 0 Å². The van der Waals surface area contributed by atoms with Crippen molar-refractivity contribution in [1.82, 2.24) is 0 Å². The molecule has 2 atom stereocenters. The lowest BCUT2D eigenvalue weighted by Crippen LogP contribution is -2.22. The molecule has 1 fully saturated rings. The topological polar surface area (TPSA) is 0 Å². The molecule has 0 aliphatic heterocycles. The monoisotopic (exact) mass is 154 g/mol. The zero-order valence-electron chi connectivity index (χ0n) is 8.32. The first-order valence-corrected chi connectivity index (χ1v) is 5.19. The molecule has 0 aromatic carbocycles. The Bertz CT molecular complexity index is 117. The fraction of sp³-hybridized carbons (Fsp3) is 1.00. The third kappa shape index (κ3) is 1.98. The second-order valence-electron chi connectivity index (χ2n) is 4.51. The molecule has 0 radical (unpaired) electrons. The van der Waals surface area contributed by atoms with E-state index in [-0.39, 0.29) is 0 Å². The Labute approximate surface area is 71.4 Å². The van der Waals surface area contributed by atoms with Gasteiger partial charge in [-0.1, -0.05) is 52.9 Å². The minimum atomic E-state index is 0.663. The summed E-state index contributed by atoms with van der Waals surface area (Å²) in [6.07, 6.45) is 8.70. The van der Waals surface area contributed by atoms with Gasteiger partial charge in [-0.3, -0.25) is 0 Å².